The molecule has 0 saturated carbocycles. The molecule has 5 rings (SSSR count). The lowest BCUT2D eigenvalue weighted by Gasteiger charge is -2.21. The van der Waals surface area contributed by atoms with Crippen molar-refractivity contribution < 1.29 is 0 Å². The number of nitriles is 3. The Hall–Kier alpha value is -5.69. The predicted molar refractivity (Wildman–Crippen MR) is 153 cm³/mol. The summed E-state index contributed by atoms with van der Waals surface area (Å²) in [5.74, 6) is 0. The van der Waals surface area contributed by atoms with E-state index in [-0.39, 0.29) is 0 Å². The van der Waals surface area contributed by atoms with Gasteiger partial charge in [-0.15, -0.1) is 0 Å². The van der Waals surface area contributed by atoms with Gasteiger partial charge in [0.1, 0.15) is 0 Å². The Kier molecular flexibility index (Phi) is 6.40. The van der Waals surface area contributed by atoms with Crippen molar-refractivity contribution in [2.24, 2.45) is 0 Å². The highest BCUT2D eigenvalue weighted by Gasteiger charge is 2.20. The van der Waals surface area contributed by atoms with Gasteiger partial charge in [-0.05, 0) is 91.3 Å². The van der Waals surface area contributed by atoms with Crippen LogP contribution in [0.1, 0.15) is 16.7 Å². The lowest BCUT2D eigenvalue weighted by atomic mass is 9.82. The maximum absolute atomic E-state index is 9.36. The molecule has 0 aliphatic carbocycles. The van der Waals surface area contributed by atoms with Gasteiger partial charge in [-0.1, -0.05) is 79.9 Å². The molecule has 176 valence electrons. The van der Waals surface area contributed by atoms with Crippen LogP contribution in [0.5, 0.6) is 0 Å². The minimum Gasteiger partial charge on any atom is -0.192 e. The largest absolute Gasteiger partial charge is 0.192 e. The van der Waals surface area contributed by atoms with Crippen molar-refractivity contribution in [3.05, 3.63) is 130 Å². The molecule has 0 saturated heterocycles. The molecule has 3 nitrogen and oxygen atoms in total. The Balaban J connectivity index is 1.95. The van der Waals surface area contributed by atoms with Gasteiger partial charge in [0.05, 0.1) is 34.9 Å². The van der Waals surface area contributed by atoms with Crippen LogP contribution in [0, 0.1) is 34.0 Å². The van der Waals surface area contributed by atoms with Gasteiger partial charge in [0.25, 0.3) is 0 Å². The number of benzene rings is 5. The molecular weight excluding hydrogens is 462 g/mol. The quantitative estimate of drug-likeness (QED) is 0.282. The highest BCUT2D eigenvalue weighted by molar-refractivity contribution is 5.96. The standard InChI is InChI=1S/C35H21N3/c1-23-32(28-6-4-3-5-7-28)33(29-14-8-25(20-36)9-15-29)24(2)35(31-18-12-27(22-38)13-19-31)34(23)30-16-10-26(21-37)11-17-30/h3-19H,1-2H2. The Bertz CT molecular complexity index is 1880. The minimum absolute atomic E-state index is 0.572. The van der Waals surface area contributed by atoms with Gasteiger partial charge in [0.2, 0.25) is 0 Å². The van der Waals surface area contributed by atoms with Crippen LogP contribution < -0.4 is 10.4 Å². The summed E-state index contributed by atoms with van der Waals surface area (Å²) in [6, 6.07) is 39.1. The molecule has 0 aliphatic rings. The molecule has 0 atom stereocenters. The van der Waals surface area contributed by atoms with Crippen LogP contribution >= 0.6 is 0 Å². The predicted octanol–water partition coefficient (Wildman–Crippen LogP) is 6.79. The number of hydrogen-bond acceptors (Lipinski definition) is 3. The fraction of sp³-hybridized carbons (Fsp3) is 0. The molecule has 0 heterocycles. The molecular formula is C35H21N3. The second-order valence-electron chi connectivity index (χ2n) is 8.89. The topological polar surface area (TPSA) is 71.4 Å². The van der Waals surface area contributed by atoms with E-state index in [0.717, 1.165) is 54.9 Å². The second-order valence-corrected chi connectivity index (χ2v) is 8.89. The zero-order valence-electron chi connectivity index (χ0n) is 20.6. The van der Waals surface area contributed by atoms with E-state index in [9.17, 15) is 15.8 Å². The first-order valence-electron chi connectivity index (χ1n) is 12.0. The Morgan fingerprint density at radius 2 is 0.632 bits per heavy atom. The summed E-state index contributed by atoms with van der Waals surface area (Å²) in [4.78, 5) is 0. The van der Waals surface area contributed by atoms with E-state index < -0.39 is 0 Å². The molecule has 3 heteroatoms. The summed E-state index contributed by atoms with van der Waals surface area (Å²) in [6.07, 6.45) is 0. The van der Waals surface area contributed by atoms with Crippen molar-refractivity contribution in [1.29, 1.82) is 15.8 Å². The zero-order chi connectivity index (χ0) is 26.6. The van der Waals surface area contributed by atoms with E-state index in [2.05, 4.69) is 43.5 Å². The first-order valence-corrected chi connectivity index (χ1v) is 12.0. The van der Waals surface area contributed by atoms with Gasteiger partial charge >= 0.3 is 0 Å². The molecule has 0 aromatic heterocycles. The van der Waals surface area contributed by atoms with Crippen LogP contribution in [-0.2, 0) is 0 Å². The summed E-state index contributed by atoms with van der Waals surface area (Å²) >= 11 is 0. The number of nitrogens with zero attached hydrogens (tertiary/aromatic N) is 3. The van der Waals surface area contributed by atoms with Gasteiger partial charge in [-0.2, -0.15) is 15.8 Å². The summed E-state index contributed by atoms with van der Waals surface area (Å²) in [5.41, 5.74) is 9.20. The van der Waals surface area contributed by atoms with Crippen molar-refractivity contribution in [2.45, 2.75) is 0 Å². The van der Waals surface area contributed by atoms with Crippen LogP contribution in [0.4, 0.5) is 0 Å². The van der Waals surface area contributed by atoms with Gasteiger partial charge in [-0.25, -0.2) is 0 Å². The SMILES string of the molecule is C=c1c(-c2ccccc2)c(-c2ccc(C#N)cc2)c(=C)c(-c2ccc(C#N)cc2)c1-c1ccc(C#N)cc1. The highest BCUT2D eigenvalue weighted by atomic mass is 14.3. The van der Waals surface area contributed by atoms with Crippen LogP contribution in [-0.4, -0.2) is 0 Å². The Morgan fingerprint density at radius 3 is 0.895 bits per heavy atom. The fourth-order valence-electron chi connectivity index (χ4n) is 4.87. The third kappa shape index (κ3) is 4.25. The molecule has 0 aliphatic heterocycles. The molecule has 0 bridgehead atoms. The number of rotatable bonds is 4. The molecule has 5 aromatic rings. The van der Waals surface area contributed by atoms with Gasteiger partial charge in [0.15, 0.2) is 0 Å². The zero-order valence-corrected chi connectivity index (χ0v) is 20.6. The van der Waals surface area contributed by atoms with Crippen molar-refractivity contribution in [1.82, 2.24) is 0 Å². The molecule has 0 N–H and O–H groups in total. The van der Waals surface area contributed by atoms with E-state index in [1.165, 1.54) is 0 Å². The maximum Gasteiger partial charge on any atom is 0.0991 e. The van der Waals surface area contributed by atoms with E-state index in [1.807, 2.05) is 66.7 Å². The second kappa shape index (κ2) is 10.1. The van der Waals surface area contributed by atoms with E-state index in [0.29, 0.717) is 16.7 Å². The molecule has 0 spiro atoms. The Morgan fingerprint density at radius 1 is 0.368 bits per heavy atom. The Labute approximate surface area is 221 Å². The molecule has 38 heavy (non-hydrogen) atoms. The van der Waals surface area contributed by atoms with Crippen LogP contribution in [0.2, 0.25) is 0 Å². The normalized spacial score (nSPS) is 10.2. The summed E-state index contributed by atoms with van der Waals surface area (Å²) in [6.45, 7) is 9.19. The fourth-order valence-corrected chi connectivity index (χ4v) is 4.87. The van der Waals surface area contributed by atoms with E-state index in [4.69, 9.17) is 0 Å². The monoisotopic (exact) mass is 483 g/mol. The van der Waals surface area contributed by atoms with Crippen LogP contribution in [0.15, 0.2) is 103 Å². The highest BCUT2D eigenvalue weighted by Crippen LogP contribution is 2.35. The summed E-state index contributed by atoms with van der Waals surface area (Å²) in [7, 11) is 0. The first-order chi connectivity index (χ1) is 18.5. The number of hydrogen-bond donors (Lipinski definition) is 0. The van der Waals surface area contributed by atoms with Crippen LogP contribution in [0.3, 0.4) is 0 Å². The summed E-state index contributed by atoms with van der Waals surface area (Å²) < 4.78 is 0. The van der Waals surface area contributed by atoms with Crippen LogP contribution in [0.25, 0.3) is 57.7 Å². The molecule has 0 fully saturated rings. The average Bonchev–Trinajstić information content (AvgIpc) is 2.98. The molecule has 0 amide bonds. The van der Waals surface area contributed by atoms with Crippen molar-refractivity contribution in [3.8, 4) is 62.7 Å². The van der Waals surface area contributed by atoms with Gasteiger partial charge in [-0.3, -0.25) is 0 Å². The van der Waals surface area contributed by atoms with Crippen molar-refractivity contribution >= 4 is 13.2 Å². The third-order valence-electron chi connectivity index (χ3n) is 6.68. The van der Waals surface area contributed by atoms with E-state index >= 15 is 0 Å². The van der Waals surface area contributed by atoms with Crippen molar-refractivity contribution in [3.63, 3.8) is 0 Å². The maximum atomic E-state index is 9.36. The first kappa shape index (κ1) is 24.0. The van der Waals surface area contributed by atoms with E-state index in [1.54, 1.807) is 24.3 Å². The molecule has 0 radical (unpaired) electrons. The van der Waals surface area contributed by atoms with Gasteiger partial charge in [0, 0.05) is 0 Å². The minimum atomic E-state index is 0.572. The van der Waals surface area contributed by atoms with Crippen molar-refractivity contribution in [2.75, 3.05) is 0 Å². The molecule has 5 aromatic carbocycles. The average molecular weight is 484 g/mol. The molecule has 0 unspecified atom stereocenters. The lowest BCUT2D eigenvalue weighted by molar-refractivity contribution is 1.45. The smallest absolute Gasteiger partial charge is 0.0991 e. The summed E-state index contributed by atoms with van der Waals surface area (Å²) in [5, 5.41) is 29.7. The lowest BCUT2D eigenvalue weighted by Crippen LogP contribution is -2.21. The third-order valence-corrected chi connectivity index (χ3v) is 6.68. The van der Waals surface area contributed by atoms with Gasteiger partial charge < -0.3 is 0 Å².